The third-order valence-corrected chi connectivity index (χ3v) is 4.65. The van der Waals surface area contributed by atoms with Crippen LogP contribution in [0.3, 0.4) is 0 Å². The van der Waals surface area contributed by atoms with Crippen LogP contribution in [0.15, 0.2) is 18.2 Å². The maximum Gasteiger partial charge on any atom is 0.416 e. The molecule has 8 heteroatoms. The second-order valence-electron chi connectivity index (χ2n) is 6.06. The van der Waals surface area contributed by atoms with Crippen LogP contribution >= 0.6 is 11.6 Å². The summed E-state index contributed by atoms with van der Waals surface area (Å²) in [6, 6.07) is 2.61. The Morgan fingerprint density at radius 1 is 1.21 bits per heavy atom. The van der Waals surface area contributed by atoms with Crippen LogP contribution in [0.1, 0.15) is 44.1 Å². The molecule has 0 radical (unpaired) electrons. The molecule has 132 valence electrons. The average Bonchev–Trinajstić information content (AvgIpc) is 2.49. The summed E-state index contributed by atoms with van der Waals surface area (Å²) in [5, 5.41) is 11.6. The van der Waals surface area contributed by atoms with Crippen molar-refractivity contribution in [3.8, 4) is 0 Å². The van der Waals surface area contributed by atoms with E-state index in [0.717, 1.165) is 37.5 Å². The molecule has 1 saturated carbocycles. The fourth-order valence-electron chi connectivity index (χ4n) is 2.99. The summed E-state index contributed by atoms with van der Waals surface area (Å²) >= 11 is 5.79. The number of alkyl halides is 3. The minimum atomic E-state index is -4.53. The fraction of sp³-hybridized carbons (Fsp3) is 0.500. The summed E-state index contributed by atoms with van der Waals surface area (Å²) in [5.74, 6) is -1.59. The second-order valence-corrected chi connectivity index (χ2v) is 6.47. The molecule has 24 heavy (non-hydrogen) atoms. The zero-order chi connectivity index (χ0) is 18.0. The van der Waals surface area contributed by atoms with Gasteiger partial charge in [-0.25, -0.2) is 0 Å². The lowest BCUT2D eigenvalue weighted by atomic mass is 9.71. The highest BCUT2D eigenvalue weighted by Gasteiger charge is 2.41. The number of carbonyl (C=O) groups excluding carboxylic acids is 1. The molecule has 4 nitrogen and oxygen atoms in total. The third kappa shape index (κ3) is 4.20. The number of anilines is 1. The van der Waals surface area contributed by atoms with Crippen molar-refractivity contribution in [2.75, 3.05) is 5.32 Å². The number of nitrogens with one attached hydrogen (secondary N) is 1. The van der Waals surface area contributed by atoms with Crippen molar-refractivity contribution in [1.82, 2.24) is 0 Å². The summed E-state index contributed by atoms with van der Waals surface area (Å²) in [7, 11) is 0. The van der Waals surface area contributed by atoms with Crippen LogP contribution in [0.5, 0.6) is 0 Å². The number of carboxylic acid groups (broad SMARTS) is 1. The van der Waals surface area contributed by atoms with Crippen LogP contribution in [0.2, 0.25) is 5.02 Å². The first-order valence-corrected chi connectivity index (χ1v) is 7.92. The van der Waals surface area contributed by atoms with Crippen molar-refractivity contribution in [1.29, 1.82) is 0 Å². The predicted octanol–water partition coefficient (Wildman–Crippen LogP) is 4.72. The number of benzene rings is 1. The number of amides is 1. The zero-order valence-corrected chi connectivity index (χ0v) is 13.5. The van der Waals surface area contributed by atoms with Gasteiger partial charge in [-0.15, -0.1) is 0 Å². The first-order valence-electron chi connectivity index (χ1n) is 7.54. The van der Waals surface area contributed by atoms with E-state index >= 15 is 0 Å². The Hall–Kier alpha value is -1.76. The van der Waals surface area contributed by atoms with E-state index in [1.54, 1.807) is 0 Å². The Morgan fingerprint density at radius 2 is 1.83 bits per heavy atom. The molecule has 1 amide bonds. The highest BCUT2D eigenvalue weighted by molar-refractivity contribution is 6.33. The van der Waals surface area contributed by atoms with Gasteiger partial charge >= 0.3 is 12.1 Å². The van der Waals surface area contributed by atoms with Crippen molar-refractivity contribution in [2.45, 2.75) is 44.7 Å². The number of hydrogen-bond acceptors (Lipinski definition) is 2. The van der Waals surface area contributed by atoms with E-state index < -0.39 is 29.0 Å². The molecular formula is C16H17ClF3NO3. The largest absolute Gasteiger partial charge is 0.481 e. The standard InChI is InChI=1S/C16H17ClF3NO3/c17-11-8-10(16(18,19)20)4-5-12(11)21-13(22)9-15(14(23)24)6-2-1-3-7-15/h4-5,8H,1-3,6-7,9H2,(H,21,22)(H,23,24). The van der Waals surface area contributed by atoms with Gasteiger partial charge < -0.3 is 10.4 Å². The lowest BCUT2D eigenvalue weighted by Crippen LogP contribution is -2.37. The summed E-state index contributed by atoms with van der Waals surface area (Å²) < 4.78 is 37.8. The third-order valence-electron chi connectivity index (χ3n) is 4.33. The minimum Gasteiger partial charge on any atom is -0.481 e. The van der Waals surface area contributed by atoms with Crippen LogP contribution in [0.4, 0.5) is 18.9 Å². The van der Waals surface area contributed by atoms with Gasteiger partial charge in [0.25, 0.3) is 0 Å². The molecule has 1 fully saturated rings. The van der Waals surface area contributed by atoms with Gasteiger partial charge in [0.2, 0.25) is 5.91 Å². The zero-order valence-electron chi connectivity index (χ0n) is 12.8. The van der Waals surface area contributed by atoms with E-state index in [2.05, 4.69) is 5.32 Å². The molecule has 0 bridgehead atoms. The predicted molar refractivity (Wildman–Crippen MR) is 82.9 cm³/mol. The van der Waals surface area contributed by atoms with E-state index in [1.165, 1.54) is 0 Å². The van der Waals surface area contributed by atoms with Gasteiger partial charge in [0.05, 0.1) is 21.7 Å². The molecule has 2 rings (SSSR count). The Balaban J connectivity index is 2.10. The van der Waals surface area contributed by atoms with Crippen molar-refractivity contribution in [3.63, 3.8) is 0 Å². The first kappa shape index (κ1) is 18.6. The van der Waals surface area contributed by atoms with Crippen LogP contribution in [0.25, 0.3) is 0 Å². The highest BCUT2D eigenvalue weighted by Crippen LogP contribution is 2.40. The number of carboxylic acids is 1. The Morgan fingerprint density at radius 3 is 2.33 bits per heavy atom. The summed E-state index contributed by atoms with van der Waals surface area (Å²) in [5.41, 5.74) is -1.99. The van der Waals surface area contributed by atoms with Gasteiger partial charge in [-0.2, -0.15) is 13.2 Å². The van der Waals surface area contributed by atoms with E-state index in [0.29, 0.717) is 12.8 Å². The normalized spacial score (nSPS) is 17.3. The maximum atomic E-state index is 12.6. The summed E-state index contributed by atoms with van der Waals surface area (Å²) in [6.45, 7) is 0. The summed E-state index contributed by atoms with van der Waals surface area (Å²) in [4.78, 5) is 23.7. The van der Waals surface area contributed by atoms with E-state index in [1.807, 2.05) is 0 Å². The molecule has 0 aliphatic heterocycles. The Bertz CT molecular complexity index is 640. The lowest BCUT2D eigenvalue weighted by molar-refractivity contribution is -0.153. The van der Waals surface area contributed by atoms with Crippen molar-refractivity contribution < 1.29 is 27.9 Å². The number of carbonyl (C=O) groups is 2. The average molecular weight is 364 g/mol. The molecule has 0 saturated heterocycles. The van der Waals surface area contributed by atoms with Gasteiger partial charge in [-0.05, 0) is 31.0 Å². The maximum absolute atomic E-state index is 12.6. The van der Waals surface area contributed by atoms with Gasteiger partial charge in [0.15, 0.2) is 0 Å². The lowest BCUT2D eigenvalue weighted by Gasteiger charge is -2.32. The van der Waals surface area contributed by atoms with E-state index in [-0.39, 0.29) is 17.1 Å². The number of halogens is 4. The molecule has 2 N–H and O–H groups in total. The monoisotopic (exact) mass is 363 g/mol. The molecule has 0 unspecified atom stereocenters. The molecule has 1 aromatic carbocycles. The van der Waals surface area contributed by atoms with Crippen molar-refractivity contribution in [2.24, 2.45) is 5.41 Å². The quantitative estimate of drug-likeness (QED) is 0.813. The summed E-state index contributed by atoms with van der Waals surface area (Å²) in [6.07, 6.45) is -1.52. The van der Waals surface area contributed by atoms with Crippen LogP contribution in [-0.4, -0.2) is 17.0 Å². The Kier molecular flexibility index (Phi) is 5.42. The van der Waals surface area contributed by atoms with E-state index in [9.17, 15) is 27.9 Å². The highest BCUT2D eigenvalue weighted by atomic mass is 35.5. The molecule has 0 heterocycles. The van der Waals surface area contributed by atoms with Crippen LogP contribution < -0.4 is 5.32 Å². The molecule has 1 aromatic rings. The van der Waals surface area contributed by atoms with Gasteiger partial charge in [0, 0.05) is 6.42 Å². The first-order chi connectivity index (χ1) is 11.1. The molecule has 0 spiro atoms. The topological polar surface area (TPSA) is 66.4 Å². The molecule has 1 aliphatic carbocycles. The minimum absolute atomic E-state index is 0.0333. The smallest absolute Gasteiger partial charge is 0.416 e. The van der Waals surface area contributed by atoms with Gasteiger partial charge in [-0.1, -0.05) is 30.9 Å². The molecule has 1 aliphatic rings. The van der Waals surface area contributed by atoms with Gasteiger partial charge in [-0.3, -0.25) is 9.59 Å². The molecule has 0 atom stereocenters. The van der Waals surface area contributed by atoms with Crippen molar-refractivity contribution in [3.05, 3.63) is 28.8 Å². The van der Waals surface area contributed by atoms with Crippen LogP contribution in [-0.2, 0) is 15.8 Å². The number of hydrogen-bond donors (Lipinski definition) is 2. The number of rotatable bonds is 4. The van der Waals surface area contributed by atoms with E-state index in [4.69, 9.17) is 11.6 Å². The fourth-order valence-corrected chi connectivity index (χ4v) is 3.22. The molecular weight excluding hydrogens is 347 g/mol. The SMILES string of the molecule is O=C(CC1(C(=O)O)CCCCC1)Nc1ccc(C(F)(F)F)cc1Cl. The van der Waals surface area contributed by atoms with Crippen LogP contribution in [0, 0.1) is 5.41 Å². The Labute approximate surface area is 142 Å². The number of aliphatic carboxylic acids is 1. The second kappa shape index (κ2) is 7.01. The van der Waals surface area contributed by atoms with Gasteiger partial charge in [0.1, 0.15) is 0 Å². The molecule has 0 aromatic heterocycles. The van der Waals surface area contributed by atoms with Crippen molar-refractivity contribution >= 4 is 29.2 Å².